The lowest BCUT2D eigenvalue weighted by Crippen LogP contribution is -2.29. The van der Waals surface area contributed by atoms with Gasteiger partial charge in [0.2, 0.25) is 5.89 Å². The maximum atomic E-state index is 12.1. The average Bonchev–Trinajstić information content (AvgIpc) is 2.85. The van der Waals surface area contributed by atoms with Crippen molar-refractivity contribution >= 4 is 11.9 Å². The lowest BCUT2D eigenvalue weighted by molar-refractivity contribution is 0.0689. The average molecular weight is 275 g/mol. The van der Waals surface area contributed by atoms with E-state index < -0.39 is 17.9 Å². The Morgan fingerprint density at radius 1 is 1.40 bits per heavy atom. The number of carbonyl (C=O) groups is 2. The van der Waals surface area contributed by atoms with Crippen LogP contribution in [0.3, 0.4) is 0 Å². The van der Waals surface area contributed by atoms with Crippen molar-refractivity contribution in [2.45, 2.75) is 19.9 Å². The molecular formula is C13H13N3O4. The van der Waals surface area contributed by atoms with Crippen molar-refractivity contribution in [2.75, 3.05) is 0 Å². The number of oxazole rings is 1. The summed E-state index contributed by atoms with van der Waals surface area (Å²) in [6.45, 7) is 3.43. The number of aromatic carboxylic acids is 1. The van der Waals surface area contributed by atoms with E-state index in [-0.39, 0.29) is 11.3 Å². The molecule has 0 saturated heterocycles. The molecular weight excluding hydrogens is 262 g/mol. The topological polar surface area (TPSA) is 105 Å². The van der Waals surface area contributed by atoms with E-state index in [1.165, 1.54) is 18.3 Å². The van der Waals surface area contributed by atoms with Crippen LogP contribution in [0.1, 0.15) is 45.5 Å². The number of carbonyl (C=O) groups excluding carboxylic acids is 1. The molecule has 7 heteroatoms. The number of pyridine rings is 1. The summed E-state index contributed by atoms with van der Waals surface area (Å²) in [5, 5.41) is 11.6. The highest BCUT2D eigenvalue weighted by molar-refractivity contribution is 6.03. The molecule has 0 aliphatic carbocycles. The lowest BCUT2D eigenvalue weighted by Gasteiger charge is -2.11. The number of nitrogens with zero attached hydrogens (tertiary/aromatic N) is 2. The molecule has 0 bridgehead atoms. The molecule has 2 aromatic rings. The number of carboxylic acid groups (broad SMARTS) is 1. The Hall–Kier alpha value is -2.70. The normalized spacial score (nSPS) is 11.9. The quantitative estimate of drug-likeness (QED) is 0.877. The Kier molecular flexibility index (Phi) is 3.79. The van der Waals surface area contributed by atoms with Gasteiger partial charge in [-0.15, -0.1) is 0 Å². The second kappa shape index (κ2) is 5.52. The number of hydrogen-bond donors (Lipinski definition) is 2. The van der Waals surface area contributed by atoms with Crippen LogP contribution < -0.4 is 5.32 Å². The number of hydrogen-bond acceptors (Lipinski definition) is 5. The molecule has 1 atom stereocenters. The van der Waals surface area contributed by atoms with Crippen LogP contribution in [0.2, 0.25) is 0 Å². The van der Waals surface area contributed by atoms with Gasteiger partial charge in [0.15, 0.2) is 0 Å². The van der Waals surface area contributed by atoms with Gasteiger partial charge in [0.25, 0.3) is 5.91 Å². The maximum absolute atomic E-state index is 12.1. The van der Waals surface area contributed by atoms with Crippen molar-refractivity contribution in [1.82, 2.24) is 15.3 Å². The van der Waals surface area contributed by atoms with Gasteiger partial charge in [-0.3, -0.25) is 9.78 Å². The summed E-state index contributed by atoms with van der Waals surface area (Å²) >= 11 is 0. The minimum atomic E-state index is -1.21. The lowest BCUT2D eigenvalue weighted by atomic mass is 10.2. The molecule has 7 nitrogen and oxygen atoms in total. The summed E-state index contributed by atoms with van der Waals surface area (Å²) in [5.41, 5.74) is -0.295. The molecule has 2 heterocycles. The van der Waals surface area contributed by atoms with Gasteiger partial charge < -0.3 is 14.8 Å². The highest BCUT2D eigenvalue weighted by atomic mass is 16.4. The van der Waals surface area contributed by atoms with Crippen molar-refractivity contribution in [3.05, 3.63) is 47.4 Å². The van der Waals surface area contributed by atoms with Gasteiger partial charge in [-0.25, -0.2) is 9.78 Å². The smallest absolute Gasteiger partial charge is 0.338 e. The minimum absolute atomic E-state index is 0.143. The van der Waals surface area contributed by atoms with Gasteiger partial charge in [0.05, 0.1) is 11.8 Å². The van der Waals surface area contributed by atoms with Gasteiger partial charge in [-0.1, -0.05) is 0 Å². The molecule has 0 spiro atoms. The van der Waals surface area contributed by atoms with Crippen LogP contribution in [-0.4, -0.2) is 27.0 Å². The van der Waals surface area contributed by atoms with Crippen molar-refractivity contribution in [3.63, 3.8) is 0 Å². The molecule has 104 valence electrons. The van der Waals surface area contributed by atoms with E-state index >= 15 is 0 Å². The second-order valence-corrected chi connectivity index (χ2v) is 4.21. The number of amides is 1. The first-order valence-corrected chi connectivity index (χ1v) is 5.90. The van der Waals surface area contributed by atoms with Gasteiger partial charge in [0, 0.05) is 6.20 Å². The first kappa shape index (κ1) is 13.7. The molecule has 0 radical (unpaired) electrons. The summed E-state index contributed by atoms with van der Waals surface area (Å²) < 4.78 is 5.30. The number of nitrogens with one attached hydrogen (secondary N) is 1. The van der Waals surface area contributed by atoms with Crippen LogP contribution in [0.4, 0.5) is 0 Å². The SMILES string of the molecule is Cc1cnc(C(C)NC(=O)c2ncccc2C(=O)O)o1. The van der Waals surface area contributed by atoms with Crippen LogP contribution in [0, 0.1) is 6.92 Å². The summed E-state index contributed by atoms with van der Waals surface area (Å²) in [6, 6.07) is 2.30. The van der Waals surface area contributed by atoms with E-state index in [1.54, 1.807) is 20.0 Å². The van der Waals surface area contributed by atoms with Crippen LogP contribution in [0.25, 0.3) is 0 Å². The van der Waals surface area contributed by atoms with Crippen LogP contribution in [0.15, 0.2) is 28.9 Å². The van der Waals surface area contributed by atoms with Crippen LogP contribution in [-0.2, 0) is 0 Å². The first-order valence-electron chi connectivity index (χ1n) is 5.90. The third-order valence-electron chi connectivity index (χ3n) is 2.61. The molecule has 0 aliphatic heterocycles. The third-order valence-corrected chi connectivity index (χ3v) is 2.61. The molecule has 0 fully saturated rings. The van der Waals surface area contributed by atoms with E-state index in [0.717, 1.165) is 0 Å². The zero-order valence-corrected chi connectivity index (χ0v) is 11.0. The van der Waals surface area contributed by atoms with Gasteiger partial charge in [-0.05, 0) is 26.0 Å². The fraction of sp³-hybridized carbons (Fsp3) is 0.231. The second-order valence-electron chi connectivity index (χ2n) is 4.21. The molecule has 1 amide bonds. The summed E-state index contributed by atoms with van der Waals surface area (Å²) in [7, 11) is 0. The molecule has 0 aromatic carbocycles. The molecule has 0 aliphatic rings. The summed E-state index contributed by atoms with van der Waals surface area (Å²) in [5.74, 6) is -0.817. The predicted molar refractivity (Wildman–Crippen MR) is 68.3 cm³/mol. The molecule has 20 heavy (non-hydrogen) atoms. The van der Waals surface area contributed by atoms with E-state index in [2.05, 4.69) is 15.3 Å². The van der Waals surface area contributed by atoms with Crippen molar-refractivity contribution in [1.29, 1.82) is 0 Å². The maximum Gasteiger partial charge on any atom is 0.338 e. The Morgan fingerprint density at radius 2 is 2.15 bits per heavy atom. The Balaban J connectivity index is 2.18. The van der Waals surface area contributed by atoms with Gasteiger partial charge in [-0.2, -0.15) is 0 Å². The number of aryl methyl sites for hydroxylation is 1. The predicted octanol–water partition coefficient (Wildman–Crippen LogP) is 1.57. The standard InChI is InChI=1S/C13H13N3O4/c1-7-6-15-12(20-7)8(2)16-11(17)10-9(13(18)19)4-3-5-14-10/h3-6,8H,1-2H3,(H,16,17)(H,18,19). The largest absolute Gasteiger partial charge is 0.478 e. The highest BCUT2D eigenvalue weighted by Gasteiger charge is 2.21. The van der Waals surface area contributed by atoms with Crippen LogP contribution in [0.5, 0.6) is 0 Å². The molecule has 2 N–H and O–H groups in total. The Bertz CT molecular complexity index is 651. The van der Waals surface area contributed by atoms with Crippen molar-refractivity contribution in [3.8, 4) is 0 Å². The van der Waals surface area contributed by atoms with Gasteiger partial charge >= 0.3 is 5.97 Å². The molecule has 2 aromatic heterocycles. The van der Waals surface area contributed by atoms with Crippen LogP contribution >= 0.6 is 0 Å². The fourth-order valence-electron chi connectivity index (χ4n) is 1.66. The zero-order chi connectivity index (χ0) is 14.7. The molecule has 1 unspecified atom stereocenters. The summed E-state index contributed by atoms with van der Waals surface area (Å²) in [6.07, 6.45) is 2.91. The highest BCUT2D eigenvalue weighted by Crippen LogP contribution is 2.13. The van der Waals surface area contributed by atoms with Crippen molar-refractivity contribution < 1.29 is 19.1 Å². The molecule has 0 saturated carbocycles. The zero-order valence-electron chi connectivity index (χ0n) is 11.0. The fourth-order valence-corrected chi connectivity index (χ4v) is 1.66. The Morgan fingerprint density at radius 3 is 2.75 bits per heavy atom. The van der Waals surface area contributed by atoms with E-state index in [0.29, 0.717) is 11.7 Å². The number of rotatable bonds is 4. The van der Waals surface area contributed by atoms with E-state index in [1.807, 2.05) is 0 Å². The third kappa shape index (κ3) is 2.82. The summed E-state index contributed by atoms with van der Waals surface area (Å²) in [4.78, 5) is 30.9. The van der Waals surface area contributed by atoms with Gasteiger partial charge in [0.1, 0.15) is 17.5 Å². The number of aromatic nitrogens is 2. The molecule has 2 rings (SSSR count). The first-order chi connectivity index (χ1) is 9.49. The number of carboxylic acids is 1. The van der Waals surface area contributed by atoms with Crippen molar-refractivity contribution in [2.24, 2.45) is 0 Å². The van der Waals surface area contributed by atoms with E-state index in [9.17, 15) is 9.59 Å². The monoisotopic (exact) mass is 275 g/mol. The minimum Gasteiger partial charge on any atom is -0.478 e. The van der Waals surface area contributed by atoms with E-state index in [4.69, 9.17) is 9.52 Å². The Labute approximate surface area is 114 Å².